The molecule has 11 heteroatoms. The Bertz CT molecular complexity index is 1010. The van der Waals surface area contributed by atoms with E-state index in [0.717, 1.165) is 24.8 Å². The van der Waals surface area contributed by atoms with Crippen molar-refractivity contribution < 1.29 is 23.9 Å². The number of fused-ring (bicyclic) bond motifs is 1. The van der Waals surface area contributed by atoms with E-state index in [2.05, 4.69) is 31.1 Å². The first-order valence-electron chi connectivity index (χ1n) is 13.8. The third kappa shape index (κ3) is 7.50. The Morgan fingerprint density at radius 3 is 2.59 bits per heavy atom. The first kappa shape index (κ1) is 29.9. The lowest BCUT2D eigenvalue weighted by Gasteiger charge is -2.55. The highest BCUT2D eigenvalue weighted by Crippen LogP contribution is 2.30. The molecule has 214 valence electrons. The van der Waals surface area contributed by atoms with Crippen LogP contribution >= 0.6 is 0 Å². The van der Waals surface area contributed by atoms with Crippen LogP contribution in [0.15, 0.2) is 43.0 Å². The number of hydrazine groups is 1. The Hall–Kier alpha value is -3.60. The number of amides is 5. The zero-order valence-corrected chi connectivity index (χ0v) is 23.3. The number of piperazine rings is 1. The molecule has 2 aliphatic heterocycles. The van der Waals surface area contributed by atoms with Crippen molar-refractivity contribution in [1.82, 2.24) is 30.5 Å². The number of benzene rings is 1. The number of nitrogens with one attached hydrogen (secondary N) is 2. The van der Waals surface area contributed by atoms with E-state index in [-0.39, 0.29) is 43.6 Å². The van der Waals surface area contributed by atoms with Gasteiger partial charge in [0.15, 0.2) is 0 Å². The van der Waals surface area contributed by atoms with Gasteiger partial charge in [-0.3, -0.25) is 9.59 Å². The van der Waals surface area contributed by atoms with E-state index in [9.17, 15) is 19.2 Å². The average molecular weight is 543 g/mol. The van der Waals surface area contributed by atoms with Crippen LogP contribution < -0.4 is 10.6 Å². The van der Waals surface area contributed by atoms with Gasteiger partial charge in [-0.25, -0.2) is 19.6 Å². The van der Waals surface area contributed by atoms with Crippen molar-refractivity contribution in [3.8, 4) is 0 Å². The SMILES string of the molecule is C=CCOC(=O)NCCC[C@H]1C(=O)N(C(CC)CCC)C[C@H]2N1C(=O)CN(C)N2C(=O)NCc1ccccc1. The minimum absolute atomic E-state index is 0.00993. The first-order chi connectivity index (χ1) is 18.8. The lowest BCUT2D eigenvalue weighted by atomic mass is 9.98. The van der Waals surface area contributed by atoms with Crippen LogP contribution in [0.1, 0.15) is 51.5 Å². The molecule has 0 saturated carbocycles. The Kier molecular flexibility index (Phi) is 11.2. The van der Waals surface area contributed by atoms with Crippen molar-refractivity contribution in [1.29, 1.82) is 0 Å². The maximum atomic E-state index is 13.8. The van der Waals surface area contributed by atoms with Crippen molar-refractivity contribution in [3.63, 3.8) is 0 Å². The number of hydrogen-bond acceptors (Lipinski definition) is 6. The topological polar surface area (TPSA) is 115 Å². The summed E-state index contributed by atoms with van der Waals surface area (Å²) in [6.07, 6.45) is 3.63. The van der Waals surface area contributed by atoms with Crippen molar-refractivity contribution in [2.24, 2.45) is 0 Å². The first-order valence-corrected chi connectivity index (χ1v) is 13.8. The second kappa shape index (κ2) is 14.5. The summed E-state index contributed by atoms with van der Waals surface area (Å²) in [7, 11) is 1.72. The Balaban J connectivity index is 1.81. The molecule has 1 unspecified atom stereocenters. The average Bonchev–Trinajstić information content (AvgIpc) is 2.93. The third-order valence-corrected chi connectivity index (χ3v) is 7.17. The predicted octanol–water partition coefficient (Wildman–Crippen LogP) is 2.70. The van der Waals surface area contributed by atoms with Gasteiger partial charge in [0, 0.05) is 26.2 Å². The summed E-state index contributed by atoms with van der Waals surface area (Å²) < 4.78 is 4.94. The second-order valence-corrected chi connectivity index (χ2v) is 9.90. The highest BCUT2D eigenvalue weighted by atomic mass is 16.5. The summed E-state index contributed by atoms with van der Waals surface area (Å²) in [6.45, 7) is 8.62. The lowest BCUT2D eigenvalue weighted by Crippen LogP contribution is -2.76. The minimum atomic E-state index is -0.730. The summed E-state index contributed by atoms with van der Waals surface area (Å²) in [5, 5.41) is 8.84. The molecule has 11 nitrogen and oxygen atoms in total. The van der Waals surface area contributed by atoms with E-state index >= 15 is 0 Å². The van der Waals surface area contributed by atoms with Crippen LogP contribution in [0.3, 0.4) is 0 Å². The molecule has 5 amide bonds. The van der Waals surface area contributed by atoms with Gasteiger partial charge in [-0.15, -0.1) is 0 Å². The molecule has 2 N–H and O–H groups in total. The lowest BCUT2D eigenvalue weighted by molar-refractivity contribution is -0.189. The molecule has 0 radical (unpaired) electrons. The van der Waals surface area contributed by atoms with Crippen molar-refractivity contribution in [3.05, 3.63) is 48.6 Å². The van der Waals surface area contributed by atoms with E-state index in [1.54, 1.807) is 22.0 Å². The van der Waals surface area contributed by atoms with Gasteiger partial charge in [0.25, 0.3) is 0 Å². The molecule has 1 aromatic carbocycles. The van der Waals surface area contributed by atoms with Gasteiger partial charge in [0.2, 0.25) is 11.8 Å². The Morgan fingerprint density at radius 1 is 1.18 bits per heavy atom. The van der Waals surface area contributed by atoms with Gasteiger partial charge in [-0.1, -0.05) is 63.3 Å². The molecule has 2 heterocycles. The number of likely N-dealkylation sites (N-methyl/N-ethyl adjacent to an activating group) is 1. The fourth-order valence-electron chi connectivity index (χ4n) is 5.31. The summed E-state index contributed by atoms with van der Waals surface area (Å²) >= 11 is 0. The van der Waals surface area contributed by atoms with Crippen LogP contribution in [0.5, 0.6) is 0 Å². The van der Waals surface area contributed by atoms with E-state index in [1.165, 1.54) is 6.08 Å². The van der Waals surface area contributed by atoms with Gasteiger partial charge < -0.3 is 25.2 Å². The number of rotatable bonds is 12. The molecule has 2 saturated heterocycles. The summed E-state index contributed by atoms with van der Waals surface area (Å²) in [6, 6.07) is 8.57. The Morgan fingerprint density at radius 2 is 1.92 bits per heavy atom. The largest absolute Gasteiger partial charge is 0.445 e. The van der Waals surface area contributed by atoms with Gasteiger partial charge >= 0.3 is 12.1 Å². The normalized spacial score (nSPS) is 20.3. The number of urea groups is 1. The number of nitrogens with zero attached hydrogens (tertiary/aromatic N) is 4. The summed E-state index contributed by atoms with van der Waals surface area (Å²) in [4.78, 5) is 55.9. The maximum Gasteiger partial charge on any atom is 0.407 e. The number of alkyl carbamates (subject to hydrolysis) is 1. The standard InChI is InChI=1S/C28H42N6O5/c1-5-12-22(7-3)32-19-24-33(23(26(32)36)15-11-16-29-28(38)39-17-6-2)25(35)20-31(4)34(24)27(37)30-18-21-13-9-8-10-14-21/h6,8-10,13-14,22-24H,2,5,7,11-12,15-20H2,1,3-4H3,(H,29,38)(H,30,37)/t22?,23-,24-/m0/s1. The fourth-order valence-corrected chi connectivity index (χ4v) is 5.31. The monoisotopic (exact) mass is 542 g/mol. The van der Waals surface area contributed by atoms with Gasteiger partial charge in [-0.05, 0) is 31.2 Å². The minimum Gasteiger partial charge on any atom is -0.445 e. The number of hydrogen-bond donors (Lipinski definition) is 2. The molecular formula is C28H42N6O5. The van der Waals surface area contributed by atoms with Crippen LogP contribution in [0.2, 0.25) is 0 Å². The maximum absolute atomic E-state index is 13.8. The predicted molar refractivity (Wildman–Crippen MR) is 147 cm³/mol. The Labute approximate surface area is 231 Å². The number of carbonyl (C=O) groups is 4. The molecule has 1 aromatic rings. The van der Waals surface area contributed by atoms with Gasteiger partial charge in [-0.2, -0.15) is 0 Å². The molecular weight excluding hydrogens is 500 g/mol. The van der Waals surface area contributed by atoms with E-state index in [4.69, 9.17) is 4.74 Å². The molecule has 0 aliphatic carbocycles. The van der Waals surface area contributed by atoms with Crippen molar-refractivity contribution in [2.75, 3.05) is 33.3 Å². The van der Waals surface area contributed by atoms with Gasteiger partial charge in [0.05, 0.1) is 13.1 Å². The quantitative estimate of drug-likeness (QED) is 0.310. The molecule has 0 spiro atoms. The van der Waals surface area contributed by atoms with Crippen LogP contribution in [0.4, 0.5) is 9.59 Å². The summed E-state index contributed by atoms with van der Waals surface area (Å²) in [5.41, 5.74) is 0.963. The van der Waals surface area contributed by atoms with Crippen LogP contribution in [0.25, 0.3) is 0 Å². The van der Waals surface area contributed by atoms with E-state index < -0.39 is 18.3 Å². The number of ether oxygens (including phenoxy) is 1. The molecule has 3 atom stereocenters. The van der Waals surface area contributed by atoms with Crippen LogP contribution in [-0.4, -0.2) is 95.3 Å². The third-order valence-electron chi connectivity index (χ3n) is 7.17. The zero-order chi connectivity index (χ0) is 28.4. The molecule has 3 rings (SSSR count). The smallest absolute Gasteiger partial charge is 0.407 e. The molecule has 0 bridgehead atoms. The number of carbonyl (C=O) groups excluding carboxylic acids is 4. The molecule has 39 heavy (non-hydrogen) atoms. The highest BCUT2D eigenvalue weighted by Gasteiger charge is 2.51. The van der Waals surface area contributed by atoms with Crippen molar-refractivity contribution in [2.45, 2.75) is 70.7 Å². The second-order valence-electron chi connectivity index (χ2n) is 9.90. The fraction of sp³-hybridized carbons (Fsp3) is 0.571. The van der Waals surface area contributed by atoms with E-state index in [0.29, 0.717) is 25.9 Å². The van der Waals surface area contributed by atoms with Gasteiger partial charge in [0.1, 0.15) is 18.8 Å². The molecule has 0 aromatic heterocycles. The van der Waals surface area contributed by atoms with E-state index in [1.807, 2.05) is 35.2 Å². The highest BCUT2D eigenvalue weighted by molar-refractivity contribution is 5.91. The van der Waals surface area contributed by atoms with Crippen LogP contribution in [-0.2, 0) is 20.9 Å². The molecule has 2 fully saturated rings. The zero-order valence-electron chi connectivity index (χ0n) is 23.3. The van der Waals surface area contributed by atoms with Crippen LogP contribution in [0, 0.1) is 0 Å². The summed E-state index contributed by atoms with van der Waals surface area (Å²) in [5.74, 6) is -0.308. The molecule has 2 aliphatic rings. The van der Waals surface area contributed by atoms with Crippen molar-refractivity contribution >= 4 is 23.9 Å².